The third-order valence-corrected chi connectivity index (χ3v) is 7.76. The summed E-state index contributed by atoms with van der Waals surface area (Å²) in [5.74, 6) is 0.302. The molecule has 3 heterocycles. The normalized spacial score (nSPS) is 16.8. The maximum absolute atomic E-state index is 12.4. The molecule has 4 amide bonds. The van der Waals surface area contributed by atoms with Gasteiger partial charge in [0.2, 0.25) is 0 Å². The molecule has 0 unspecified atom stereocenters. The van der Waals surface area contributed by atoms with Crippen molar-refractivity contribution in [2.45, 2.75) is 0 Å². The molecule has 0 aliphatic carbocycles. The molecule has 148 valence electrons. The Hall–Kier alpha value is -3.34. The molecule has 1 fully saturated rings. The van der Waals surface area contributed by atoms with Crippen LogP contribution >= 0.6 is 0 Å². The van der Waals surface area contributed by atoms with E-state index >= 15 is 0 Å². The molecule has 2 aliphatic heterocycles. The van der Waals surface area contributed by atoms with Crippen LogP contribution in [0.5, 0.6) is 11.5 Å². The summed E-state index contributed by atoms with van der Waals surface area (Å²) in [6.45, 7) is 0. The number of benzene rings is 2. The van der Waals surface area contributed by atoms with E-state index < -0.39 is 38.3 Å². The molecule has 0 atom stereocenters. The first-order valence-corrected chi connectivity index (χ1v) is 11.5. The number of imide groups is 2. The van der Waals surface area contributed by atoms with E-state index in [-0.39, 0.29) is 5.57 Å². The molecule has 0 spiro atoms. The van der Waals surface area contributed by atoms with Gasteiger partial charge in [0.05, 0.1) is 0 Å². The summed E-state index contributed by atoms with van der Waals surface area (Å²) in [4.78, 5) is 39.2. The number of barbiturate groups is 1. The summed E-state index contributed by atoms with van der Waals surface area (Å²) in [6.07, 6.45) is 1.60. The molecule has 5 rings (SSSR count). The van der Waals surface area contributed by atoms with Crippen LogP contribution in [-0.4, -0.2) is 50.2 Å². The van der Waals surface area contributed by atoms with Crippen LogP contribution in [0.15, 0.2) is 66.2 Å². The monoisotopic (exact) mass is 515 g/mol. The SMILES string of the molecule is CN1C(=O)NC(=O)/C(=C\c2ccc(N3c4ccccc4Oc4ccccc43)[te]2)C1=O. The summed E-state index contributed by atoms with van der Waals surface area (Å²) in [5.41, 5.74) is 1.88. The van der Waals surface area contributed by atoms with Gasteiger partial charge in [-0.1, -0.05) is 0 Å². The van der Waals surface area contributed by atoms with Gasteiger partial charge in [-0.3, -0.25) is 0 Å². The van der Waals surface area contributed by atoms with Crippen molar-refractivity contribution in [3.05, 3.63) is 69.8 Å². The molecule has 3 aromatic rings. The Balaban J connectivity index is 1.56. The predicted octanol–water partition coefficient (Wildman–Crippen LogP) is 3.41. The number of amides is 4. The summed E-state index contributed by atoms with van der Waals surface area (Å²) in [5, 5.41) is 2.19. The van der Waals surface area contributed by atoms with Crippen LogP contribution in [0, 0.1) is 0 Å². The first-order chi connectivity index (χ1) is 14.5. The van der Waals surface area contributed by atoms with Crippen molar-refractivity contribution in [3.8, 4) is 11.5 Å². The Kier molecular flexibility index (Phi) is 4.46. The first kappa shape index (κ1) is 18.7. The fraction of sp³-hybridized carbons (Fsp3) is 0.0455. The third-order valence-electron chi connectivity index (χ3n) is 4.86. The van der Waals surface area contributed by atoms with E-state index in [1.165, 1.54) is 7.05 Å². The Morgan fingerprint density at radius 1 is 0.900 bits per heavy atom. The van der Waals surface area contributed by atoms with Crippen LogP contribution in [-0.2, 0) is 9.59 Å². The molecule has 0 saturated carbocycles. The Morgan fingerprint density at radius 3 is 2.20 bits per heavy atom. The van der Waals surface area contributed by atoms with Crippen molar-refractivity contribution in [3.63, 3.8) is 0 Å². The van der Waals surface area contributed by atoms with E-state index in [9.17, 15) is 14.4 Å². The van der Waals surface area contributed by atoms with Gasteiger partial charge in [0, 0.05) is 0 Å². The van der Waals surface area contributed by atoms with Crippen molar-refractivity contribution in [2.75, 3.05) is 11.9 Å². The van der Waals surface area contributed by atoms with Crippen LogP contribution in [0.2, 0.25) is 0 Å². The number of anilines is 3. The second-order valence-electron chi connectivity index (χ2n) is 6.73. The van der Waals surface area contributed by atoms with E-state index in [1.54, 1.807) is 6.08 Å². The number of likely N-dealkylation sites (N-methyl/N-ethyl adjacent to an activating group) is 1. The summed E-state index contributed by atoms with van der Waals surface area (Å²) >= 11 is -0.896. The van der Waals surface area contributed by atoms with Crippen LogP contribution < -0.4 is 15.0 Å². The minimum atomic E-state index is -0.896. The average molecular weight is 513 g/mol. The number of urea groups is 1. The first-order valence-electron chi connectivity index (χ1n) is 9.14. The van der Waals surface area contributed by atoms with E-state index in [0.717, 1.165) is 35.1 Å². The van der Waals surface area contributed by atoms with Gasteiger partial charge >= 0.3 is 182 Å². The van der Waals surface area contributed by atoms with Crippen molar-refractivity contribution in [1.29, 1.82) is 0 Å². The molecule has 7 nitrogen and oxygen atoms in total. The third kappa shape index (κ3) is 3.02. The van der Waals surface area contributed by atoms with E-state index in [0.29, 0.717) is 0 Å². The molecule has 8 heteroatoms. The van der Waals surface area contributed by atoms with Crippen LogP contribution in [0.1, 0.15) is 3.58 Å². The zero-order valence-corrected chi connectivity index (χ0v) is 18.1. The van der Waals surface area contributed by atoms with Crippen molar-refractivity contribution in [1.82, 2.24) is 10.2 Å². The molecule has 1 N–H and O–H groups in total. The molecule has 1 aromatic heterocycles. The Labute approximate surface area is 181 Å². The number of carbonyl (C=O) groups is 3. The van der Waals surface area contributed by atoms with E-state index in [4.69, 9.17) is 4.74 Å². The number of nitrogens with one attached hydrogen (secondary N) is 1. The molecule has 1 saturated heterocycles. The van der Waals surface area contributed by atoms with Crippen molar-refractivity contribution < 1.29 is 19.1 Å². The fourth-order valence-electron chi connectivity index (χ4n) is 3.37. The summed E-state index contributed by atoms with van der Waals surface area (Å²) < 4.78 is 8.09. The van der Waals surface area contributed by atoms with E-state index in [1.807, 2.05) is 60.7 Å². The quantitative estimate of drug-likeness (QED) is 0.253. The van der Waals surface area contributed by atoms with Gasteiger partial charge in [0.15, 0.2) is 0 Å². The number of fused-ring (bicyclic) bond motifs is 2. The molecule has 0 radical (unpaired) electrons. The van der Waals surface area contributed by atoms with E-state index in [2.05, 4.69) is 10.2 Å². The molecular formula is C22H15N3O4Te. The summed E-state index contributed by atoms with van der Waals surface area (Å²) in [6, 6.07) is 18.9. The maximum atomic E-state index is 12.4. The number of hydrogen-bond donors (Lipinski definition) is 1. The molecule has 2 aliphatic rings. The number of hydrogen-bond acceptors (Lipinski definition) is 5. The van der Waals surface area contributed by atoms with Gasteiger partial charge in [-0.05, 0) is 0 Å². The second-order valence-corrected chi connectivity index (χ2v) is 9.85. The number of ether oxygens (including phenoxy) is 1. The molecule has 2 aromatic carbocycles. The Morgan fingerprint density at radius 2 is 1.53 bits per heavy atom. The fourth-order valence-corrected chi connectivity index (χ4v) is 6.16. The topological polar surface area (TPSA) is 79.0 Å². The number of nitrogens with zero attached hydrogens (tertiary/aromatic N) is 2. The zero-order valence-electron chi connectivity index (χ0n) is 15.8. The van der Waals surface area contributed by atoms with Gasteiger partial charge < -0.3 is 0 Å². The molecule has 0 bridgehead atoms. The molecular weight excluding hydrogens is 498 g/mol. The van der Waals surface area contributed by atoms with Crippen LogP contribution in [0.4, 0.5) is 19.9 Å². The van der Waals surface area contributed by atoms with Gasteiger partial charge in [0.25, 0.3) is 0 Å². The number of carbonyl (C=O) groups excluding carboxylic acids is 3. The average Bonchev–Trinajstić information content (AvgIpc) is 3.21. The van der Waals surface area contributed by atoms with Gasteiger partial charge in [-0.15, -0.1) is 0 Å². The minimum absolute atomic E-state index is 0.0223. The van der Waals surface area contributed by atoms with Crippen molar-refractivity contribution >= 4 is 59.4 Å². The molecule has 30 heavy (non-hydrogen) atoms. The standard InChI is InChI=1S/C22H15N3O4Te/c1-24-21(27)14(20(26)23-22(24)28)12-13-10-11-19(30-13)25-15-6-2-4-8-17(15)29-18-9-5-3-7-16(18)25/h2-12H,1H3,(H,23,26,28)/b14-12+. The number of rotatable bonds is 2. The van der Waals surface area contributed by atoms with Crippen LogP contribution in [0.25, 0.3) is 6.08 Å². The summed E-state index contributed by atoms with van der Waals surface area (Å²) in [7, 11) is 1.35. The van der Waals surface area contributed by atoms with Gasteiger partial charge in [-0.2, -0.15) is 0 Å². The van der Waals surface area contributed by atoms with Gasteiger partial charge in [-0.25, -0.2) is 0 Å². The van der Waals surface area contributed by atoms with Crippen LogP contribution in [0.3, 0.4) is 0 Å². The second kappa shape index (κ2) is 7.17. The van der Waals surface area contributed by atoms with Gasteiger partial charge in [0.1, 0.15) is 0 Å². The predicted molar refractivity (Wildman–Crippen MR) is 112 cm³/mol. The zero-order chi connectivity index (χ0) is 20.8. The van der Waals surface area contributed by atoms with Crippen molar-refractivity contribution in [2.24, 2.45) is 0 Å². The number of para-hydroxylation sites is 4. The Bertz CT molecular complexity index is 1200.